The molecule has 2 heterocycles. The molecule has 0 atom stereocenters. The van der Waals surface area contributed by atoms with E-state index in [1.807, 2.05) is 7.05 Å². The topological polar surface area (TPSA) is 51.2 Å². The van der Waals surface area contributed by atoms with E-state index in [-0.39, 0.29) is 18.2 Å². The zero-order valence-electron chi connectivity index (χ0n) is 21.7. The van der Waals surface area contributed by atoms with Crippen molar-refractivity contribution in [2.24, 2.45) is 7.05 Å². The van der Waals surface area contributed by atoms with E-state index < -0.39 is 0 Å². The highest BCUT2D eigenvalue weighted by atomic mass is 35.5. The second-order valence-electron chi connectivity index (χ2n) is 11.2. The number of nitrogen functional groups attached to an aromatic ring is 1. The van der Waals surface area contributed by atoms with Gasteiger partial charge in [-0.3, -0.25) is 0 Å². The first-order valence-electron chi connectivity index (χ1n) is 12.3. The molecule has 35 heavy (non-hydrogen) atoms. The van der Waals surface area contributed by atoms with Crippen LogP contribution in [0.3, 0.4) is 0 Å². The van der Waals surface area contributed by atoms with Crippen molar-refractivity contribution in [1.29, 1.82) is 0 Å². The molecule has 0 amide bonds. The maximum absolute atomic E-state index is 6.82. The Kier molecular flexibility index (Phi) is 5.67. The van der Waals surface area contributed by atoms with E-state index in [4.69, 9.17) is 22.0 Å². The van der Waals surface area contributed by atoms with Crippen molar-refractivity contribution >= 4 is 51.3 Å². The van der Waals surface area contributed by atoms with Gasteiger partial charge < -0.3 is 15.6 Å². The van der Waals surface area contributed by atoms with E-state index in [1.54, 1.807) is 0 Å². The minimum atomic E-state index is -0.303. The summed E-state index contributed by atoms with van der Waals surface area (Å²) in [5.41, 5.74) is 11.3. The number of benzene rings is 3. The van der Waals surface area contributed by atoms with Crippen LogP contribution in [-0.2, 0) is 11.7 Å². The molecule has 6 heteroatoms. The van der Waals surface area contributed by atoms with Crippen LogP contribution in [0.2, 0.25) is 5.15 Å². The molecule has 1 aromatic heterocycles. The predicted octanol–water partition coefficient (Wildman–Crippen LogP) is 5.72. The van der Waals surface area contributed by atoms with Gasteiger partial charge in [0.2, 0.25) is 5.69 Å². The lowest BCUT2D eigenvalue weighted by Gasteiger charge is -2.33. The Morgan fingerprint density at radius 1 is 0.943 bits per heavy atom. The third kappa shape index (κ3) is 4.00. The smallest absolute Gasteiger partial charge is 0.411 e. The van der Waals surface area contributed by atoms with Crippen molar-refractivity contribution in [1.82, 2.24) is 5.23 Å². The quantitative estimate of drug-likeness (QED) is 0.169. The van der Waals surface area contributed by atoms with Crippen molar-refractivity contribution in [2.75, 3.05) is 5.73 Å². The van der Waals surface area contributed by atoms with Crippen molar-refractivity contribution in [2.45, 2.75) is 58.6 Å². The Labute approximate surface area is 213 Å². The average molecular weight is 487 g/mol. The van der Waals surface area contributed by atoms with E-state index in [2.05, 4.69) is 106 Å². The summed E-state index contributed by atoms with van der Waals surface area (Å²) in [5, 5.41) is 8.77. The van der Waals surface area contributed by atoms with Gasteiger partial charge in [-0.05, 0) is 96.7 Å². The van der Waals surface area contributed by atoms with Gasteiger partial charge in [-0.15, -0.1) is 0 Å². The number of rotatable bonds is 3. The van der Waals surface area contributed by atoms with Crippen molar-refractivity contribution < 1.29 is 9.22 Å². The van der Waals surface area contributed by atoms with Crippen molar-refractivity contribution in [3.05, 3.63) is 65.3 Å². The highest BCUT2D eigenvalue weighted by Gasteiger charge is 2.50. The van der Waals surface area contributed by atoms with Gasteiger partial charge in [0.1, 0.15) is 7.05 Å². The summed E-state index contributed by atoms with van der Waals surface area (Å²) in [6.07, 6.45) is 0. The normalized spacial score (nSPS) is 17.1. The second kappa shape index (κ2) is 8.23. The molecule has 1 saturated heterocycles. The molecule has 4 aromatic rings. The molecular weight excluding hydrogens is 453 g/mol. The first kappa shape index (κ1) is 24.1. The van der Waals surface area contributed by atoms with Gasteiger partial charge in [0.25, 0.3) is 5.15 Å². The molecule has 0 spiro atoms. The number of pyridine rings is 1. The zero-order valence-corrected chi connectivity index (χ0v) is 22.4. The Balaban J connectivity index is 1.59. The molecule has 180 valence electrons. The lowest BCUT2D eigenvalue weighted by atomic mass is 9.71. The number of halogens is 1. The van der Waals surface area contributed by atoms with Crippen LogP contribution in [0.4, 0.5) is 5.69 Å². The molecule has 0 saturated carbocycles. The lowest BCUT2D eigenvalue weighted by molar-refractivity contribution is -0.656. The van der Waals surface area contributed by atoms with E-state index in [0.29, 0.717) is 5.92 Å². The second-order valence-corrected chi connectivity index (χ2v) is 11.6. The standard InChI is InChI=1S/C29H34BClN3O/c1-17(2)18-10-11-23-22(12-18)16-26(34(7)27(23)31)20-9-8-19-14-24(25(32)15-21(19)13-20)30-33-28(3,4)29(5,6)35-30/h8-17,33H,32H2,1-7H3/q+1. The summed E-state index contributed by atoms with van der Waals surface area (Å²) in [6, 6.07) is 19.5. The zero-order chi connectivity index (χ0) is 25.3. The van der Waals surface area contributed by atoms with Crippen molar-refractivity contribution in [3.63, 3.8) is 0 Å². The third-order valence-electron chi connectivity index (χ3n) is 7.94. The number of anilines is 1. The van der Waals surface area contributed by atoms with Gasteiger partial charge in [-0.2, -0.15) is 4.57 Å². The van der Waals surface area contributed by atoms with Crippen LogP contribution in [-0.4, -0.2) is 18.2 Å². The van der Waals surface area contributed by atoms with Crippen molar-refractivity contribution in [3.8, 4) is 11.3 Å². The summed E-state index contributed by atoms with van der Waals surface area (Å²) >= 11 is 6.82. The Morgan fingerprint density at radius 3 is 2.34 bits per heavy atom. The molecule has 1 aliphatic rings. The molecule has 0 bridgehead atoms. The Bertz CT molecular complexity index is 1460. The molecule has 1 aliphatic heterocycles. The highest BCUT2D eigenvalue weighted by molar-refractivity contribution is 6.67. The SMILES string of the molecule is CC(C)c1ccc2c(Cl)[n+](C)c(-c3ccc4cc(B5NC(C)(C)C(C)(C)O5)c(N)cc4c3)cc2c1. The molecule has 5 rings (SSSR count). The number of nitrogens with one attached hydrogen (secondary N) is 1. The molecule has 3 aromatic carbocycles. The van der Waals surface area contributed by atoms with Gasteiger partial charge in [0.15, 0.2) is 0 Å². The summed E-state index contributed by atoms with van der Waals surface area (Å²) in [4.78, 5) is 0. The van der Waals surface area contributed by atoms with Crippen LogP contribution in [0.25, 0.3) is 32.8 Å². The molecule has 0 radical (unpaired) electrons. The molecular formula is C29H34BClN3O+. The minimum absolute atomic E-state index is 0.164. The minimum Gasteiger partial charge on any atom is -0.411 e. The Hall–Kier alpha value is -2.60. The molecule has 0 unspecified atom stereocenters. The summed E-state index contributed by atoms with van der Waals surface area (Å²) in [7, 11) is 1.78. The molecule has 4 nitrogen and oxygen atoms in total. The fourth-order valence-electron chi connectivity index (χ4n) is 4.89. The lowest BCUT2D eigenvalue weighted by Crippen LogP contribution is -2.51. The summed E-state index contributed by atoms with van der Waals surface area (Å²) in [5.74, 6) is 0.461. The number of nitrogens with two attached hydrogens (primary N) is 1. The average Bonchev–Trinajstić information content (AvgIpc) is 3.01. The van der Waals surface area contributed by atoms with Crippen LogP contribution >= 0.6 is 11.6 Å². The molecule has 0 aliphatic carbocycles. The van der Waals surface area contributed by atoms with Crippen LogP contribution in [0.1, 0.15) is 53.0 Å². The number of fused-ring (bicyclic) bond motifs is 2. The number of nitrogens with zero attached hydrogens (tertiary/aromatic N) is 1. The monoisotopic (exact) mass is 486 g/mol. The Morgan fingerprint density at radius 2 is 1.69 bits per heavy atom. The van der Waals surface area contributed by atoms with Crippen LogP contribution in [0.5, 0.6) is 0 Å². The highest BCUT2D eigenvalue weighted by Crippen LogP contribution is 2.33. The number of hydrogen-bond donors (Lipinski definition) is 2. The molecule has 3 N–H and O–H groups in total. The predicted molar refractivity (Wildman–Crippen MR) is 149 cm³/mol. The molecule has 1 fully saturated rings. The fourth-order valence-corrected chi connectivity index (χ4v) is 5.15. The van der Waals surface area contributed by atoms with Crippen LogP contribution in [0, 0.1) is 0 Å². The van der Waals surface area contributed by atoms with E-state index in [0.717, 1.165) is 49.1 Å². The maximum Gasteiger partial charge on any atom is 0.418 e. The van der Waals surface area contributed by atoms with Crippen LogP contribution < -0.4 is 21.0 Å². The summed E-state index contributed by atoms with van der Waals surface area (Å²) in [6.45, 7) is 13.0. The first-order valence-corrected chi connectivity index (χ1v) is 12.7. The first-order chi connectivity index (χ1) is 16.4. The van der Waals surface area contributed by atoms with Crippen LogP contribution in [0.15, 0.2) is 54.6 Å². The van der Waals surface area contributed by atoms with Gasteiger partial charge >= 0.3 is 7.05 Å². The van der Waals surface area contributed by atoms with Gasteiger partial charge in [-0.25, -0.2) is 0 Å². The number of aromatic nitrogens is 1. The van der Waals surface area contributed by atoms with Gasteiger partial charge in [0.05, 0.1) is 11.0 Å². The van der Waals surface area contributed by atoms with E-state index >= 15 is 0 Å². The maximum atomic E-state index is 6.82. The van der Waals surface area contributed by atoms with Gasteiger partial charge in [-0.1, -0.05) is 38.1 Å². The number of hydrogen-bond acceptors (Lipinski definition) is 3. The fraction of sp³-hybridized carbons (Fsp3) is 0.345. The van der Waals surface area contributed by atoms with E-state index in [1.165, 1.54) is 5.56 Å². The third-order valence-corrected chi connectivity index (χ3v) is 8.40. The van der Waals surface area contributed by atoms with Gasteiger partial charge in [0, 0.05) is 22.9 Å². The van der Waals surface area contributed by atoms with E-state index in [9.17, 15) is 0 Å². The largest absolute Gasteiger partial charge is 0.418 e. The summed E-state index contributed by atoms with van der Waals surface area (Å²) < 4.78 is 8.41.